The molecule has 0 aliphatic rings. The highest BCUT2D eigenvalue weighted by atomic mass is 28.3. The van der Waals surface area contributed by atoms with Crippen molar-refractivity contribution in [1.29, 1.82) is 0 Å². The standard InChI is InChI=1S/C66H43N3OSi/c1-4-18-47(19-5-1)71(48-20-6-2-7-21-48,49-22-8-3-9-23-49)50-36-32-44(33-37-50)67-57-28-14-10-24-51(57)55-42-45(34-38-60(55)67)68-58-29-15-11-25-52(58)56-43-46(35-39-61(56)68)69-59-30-16-12-26-53(59)65-62(69)40-41-64-66(65)54-27-13-17-31-63(54)70-64/h1-43H. The average molecular weight is 922 g/mol. The topological polar surface area (TPSA) is 27.9 Å². The van der Waals surface area contributed by atoms with Crippen LogP contribution in [0.5, 0.6) is 0 Å². The van der Waals surface area contributed by atoms with E-state index in [2.05, 4.69) is 268 Å². The Labute approximate surface area is 410 Å². The Morgan fingerprint density at radius 2 is 0.620 bits per heavy atom. The van der Waals surface area contributed by atoms with Gasteiger partial charge in [0.15, 0.2) is 8.07 Å². The predicted molar refractivity (Wildman–Crippen MR) is 300 cm³/mol. The molecule has 15 aromatic rings. The number of hydrogen-bond acceptors (Lipinski definition) is 1. The smallest absolute Gasteiger partial charge is 0.179 e. The van der Waals surface area contributed by atoms with Gasteiger partial charge in [-0.05, 0) is 106 Å². The highest BCUT2D eigenvalue weighted by molar-refractivity contribution is 7.19. The molecule has 0 spiro atoms. The van der Waals surface area contributed by atoms with E-state index in [0.29, 0.717) is 0 Å². The number of benzene rings is 11. The monoisotopic (exact) mass is 921 g/mol. The van der Waals surface area contributed by atoms with Crippen molar-refractivity contribution in [2.45, 2.75) is 0 Å². The van der Waals surface area contributed by atoms with Crippen LogP contribution < -0.4 is 20.7 Å². The van der Waals surface area contributed by atoms with E-state index >= 15 is 0 Å². The van der Waals surface area contributed by atoms with Gasteiger partial charge in [0.05, 0.1) is 33.1 Å². The Bertz CT molecular complexity index is 4470. The molecular weight excluding hydrogens is 879 g/mol. The summed E-state index contributed by atoms with van der Waals surface area (Å²) >= 11 is 0. The normalized spacial score (nSPS) is 12.2. The Morgan fingerprint density at radius 3 is 1.17 bits per heavy atom. The molecule has 332 valence electrons. The lowest BCUT2D eigenvalue weighted by Crippen LogP contribution is -2.74. The predicted octanol–water partition coefficient (Wildman–Crippen LogP) is 14.3. The van der Waals surface area contributed by atoms with Gasteiger partial charge in [0.25, 0.3) is 0 Å². The van der Waals surface area contributed by atoms with E-state index in [1.54, 1.807) is 0 Å². The summed E-state index contributed by atoms with van der Waals surface area (Å²) in [6.07, 6.45) is 0. The average Bonchev–Trinajstić information content (AvgIpc) is 4.18. The minimum Gasteiger partial charge on any atom is -0.456 e. The number of aromatic nitrogens is 3. The van der Waals surface area contributed by atoms with Gasteiger partial charge >= 0.3 is 0 Å². The molecule has 0 N–H and O–H groups in total. The van der Waals surface area contributed by atoms with Crippen molar-refractivity contribution < 1.29 is 4.42 Å². The molecule has 11 aromatic carbocycles. The molecule has 4 aromatic heterocycles. The Kier molecular flexibility index (Phi) is 8.64. The molecule has 4 nitrogen and oxygen atoms in total. The van der Waals surface area contributed by atoms with Gasteiger partial charge < -0.3 is 18.1 Å². The molecule has 0 saturated heterocycles. The second-order valence-corrected chi connectivity index (χ2v) is 22.6. The van der Waals surface area contributed by atoms with Gasteiger partial charge in [-0.15, -0.1) is 0 Å². The molecule has 5 heteroatoms. The zero-order chi connectivity index (χ0) is 46.6. The molecule has 0 fully saturated rings. The van der Waals surface area contributed by atoms with Gasteiger partial charge in [-0.2, -0.15) is 0 Å². The molecule has 0 saturated carbocycles. The molecule has 0 atom stereocenters. The number of para-hydroxylation sites is 4. The second kappa shape index (κ2) is 15.4. The van der Waals surface area contributed by atoms with E-state index in [4.69, 9.17) is 4.42 Å². The van der Waals surface area contributed by atoms with Crippen molar-refractivity contribution >= 4 is 116 Å². The summed E-state index contributed by atoms with van der Waals surface area (Å²) in [5.41, 5.74) is 12.2. The molecule has 0 bridgehead atoms. The first-order valence-corrected chi connectivity index (χ1v) is 26.4. The van der Waals surface area contributed by atoms with Crippen LogP contribution in [-0.4, -0.2) is 21.8 Å². The van der Waals surface area contributed by atoms with E-state index in [1.165, 1.54) is 80.6 Å². The van der Waals surface area contributed by atoms with Crippen LogP contribution >= 0.6 is 0 Å². The summed E-state index contributed by atoms with van der Waals surface area (Å²) in [4.78, 5) is 0. The summed E-state index contributed by atoms with van der Waals surface area (Å²) in [5.74, 6) is 0. The van der Waals surface area contributed by atoms with Gasteiger partial charge in [-0.3, -0.25) is 0 Å². The van der Waals surface area contributed by atoms with Crippen molar-refractivity contribution in [3.63, 3.8) is 0 Å². The number of rotatable bonds is 7. The maximum absolute atomic E-state index is 6.39. The third kappa shape index (κ3) is 5.72. The van der Waals surface area contributed by atoms with Crippen molar-refractivity contribution in [2.75, 3.05) is 0 Å². The molecule has 15 rings (SSSR count). The lowest BCUT2D eigenvalue weighted by molar-refractivity contribution is 0.669. The molecule has 0 unspecified atom stereocenters. The quantitative estimate of drug-likeness (QED) is 0.116. The Balaban J connectivity index is 0.891. The maximum atomic E-state index is 6.39. The SMILES string of the molecule is c1ccc([Si](c2ccccc2)(c2ccccc2)c2ccc(-n3c4ccccc4c4cc(-n5c6ccccc6c6cc(-n7c8ccccc8c8c9c(ccc87)oc7ccccc79)ccc65)ccc43)cc2)cc1. The maximum Gasteiger partial charge on any atom is 0.179 e. The third-order valence-corrected chi connectivity index (χ3v) is 20.0. The number of nitrogens with zero attached hydrogens (tertiary/aromatic N) is 3. The summed E-state index contributed by atoms with van der Waals surface area (Å²) in [7, 11) is -2.68. The van der Waals surface area contributed by atoms with Crippen LogP contribution in [0.3, 0.4) is 0 Å². The van der Waals surface area contributed by atoms with Gasteiger partial charge in [-0.25, -0.2) is 0 Å². The van der Waals surface area contributed by atoms with Crippen LogP contribution in [0.1, 0.15) is 0 Å². The van der Waals surface area contributed by atoms with Gasteiger partial charge in [0.2, 0.25) is 0 Å². The van der Waals surface area contributed by atoms with Crippen molar-refractivity contribution in [2.24, 2.45) is 0 Å². The second-order valence-electron chi connectivity index (χ2n) is 18.8. The largest absolute Gasteiger partial charge is 0.456 e. The fourth-order valence-electron chi connectivity index (χ4n) is 12.2. The zero-order valence-electron chi connectivity index (χ0n) is 38.6. The molecule has 0 aliphatic carbocycles. The van der Waals surface area contributed by atoms with Crippen LogP contribution in [-0.2, 0) is 0 Å². The van der Waals surface area contributed by atoms with Crippen LogP contribution in [0, 0.1) is 0 Å². The first kappa shape index (κ1) is 39.8. The number of furan rings is 1. The molecular formula is C66H43N3OSi. The summed E-state index contributed by atoms with van der Waals surface area (Å²) < 4.78 is 13.7. The van der Waals surface area contributed by atoms with Crippen LogP contribution in [0.25, 0.3) is 104 Å². The van der Waals surface area contributed by atoms with Crippen molar-refractivity contribution in [3.8, 4) is 17.1 Å². The number of hydrogen-bond donors (Lipinski definition) is 0. The third-order valence-electron chi connectivity index (χ3n) is 15.2. The van der Waals surface area contributed by atoms with Crippen molar-refractivity contribution in [3.05, 3.63) is 261 Å². The summed E-state index contributed by atoms with van der Waals surface area (Å²) in [6.45, 7) is 0. The summed E-state index contributed by atoms with van der Waals surface area (Å²) in [6, 6.07) is 96.2. The van der Waals surface area contributed by atoms with E-state index in [1.807, 2.05) is 6.07 Å². The molecule has 4 heterocycles. The zero-order valence-corrected chi connectivity index (χ0v) is 39.6. The van der Waals surface area contributed by atoms with Crippen molar-refractivity contribution in [1.82, 2.24) is 13.7 Å². The van der Waals surface area contributed by atoms with Crippen LogP contribution in [0.4, 0.5) is 0 Å². The molecule has 0 amide bonds. The minimum absolute atomic E-state index is 0.909. The minimum atomic E-state index is -2.68. The van der Waals surface area contributed by atoms with E-state index in [9.17, 15) is 0 Å². The van der Waals surface area contributed by atoms with Gasteiger partial charge in [-0.1, -0.05) is 176 Å². The van der Waals surface area contributed by atoms with Gasteiger partial charge in [0, 0.05) is 60.2 Å². The lowest BCUT2D eigenvalue weighted by Gasteiger charge is -2.34. The Hall–Kier alpha value is -9.16. The highest BCUT2D eigenvalue weighted by Gasteiger charge is 2.41. The molecule has 0 aliphatic heterocycles. The first-order chi connectivity index (χ1) is 35.2. The van der Waals surface area contributed by atoms with E-state index < -0.39 is 8.07 Å². The summed E-state index contributed by atoms with van der Waals surface area (Å²) in [5, 5.41) is 15.1. The molecule has 71 heavy (non-hydrogen) atoms. The first-order valence-electron chi connectivity index (χ1n) is 24.4. The lowest BCUT2D eigenvalue weighted by atomic mass is 10.1. The number of fused-ring (bicyclic) bond motifs is 13. The van der Waals surface area contributed by atoms with E-state index in [0.717, 1.165) is 44.5 Å². The highest BCUT2D eigenvalue weighted by Crippen LogP contribution is 2.43. The van der Waals surface area contributed by atoms with E-state index in [-0.39, 0.29) is 0 Å². The molecule has 0 radical (unpaired) electrons. The van der Waals surface area contributed by atoms with Crippen LogP contribution in [0.15, 0.2) is 265 Å². The van der Waals surface area contributed by atoms with Gasteiger partial charge in [0.1, 0.15) is 11.2 Å². The fraction of sp³-hybridized carbons (Fsp3) is 0. The van der Waals surface area contributed by atoms with Crippen LogP contribution in [0.2, 0.25) is 0 Å². The Morgan fingerprint density at radius 1 is 0.239 bits per heavy atom. The fourth-order valence-corrected chi connectivity index (χ4v) is 17.0.